The zero-order valence-corrected chi connectivity index (χ0v) is 47.1. The fourth-order valence-corrected chi connectivity index (χ4v) is 10.3. The van der Waals surface area contributed by atoms with Gasteiger partial charge in [0.05, 0.1) is 67.6 Å². The number of likely N-dealkylation sites (N-methyl/N-ethyl adjacent to an activating group) is 2. The predicted octanol–water partition coefficient (Wildman–Crippen LogP) is 5.80. The van der Waals surface area contributed by atoms with Crippen LogP contribution in [0.3, 0.4) is 0 Å². The van der Waals surface area contributed by atoms with Gasteiger partial charge in [-0.15, -0.1) is 0 Å². The number of hydrogen-bond donors (Lipinski definition) is 4. The van der Waals surface area contributed by atoms with Gasteiger partial charge in [0.15, 0.2) is 23.0 Å². The van der Waals surface area contributed by atoms with E-state index in [1.54, 1.807) is 76.7 Å². The lowest BCUT2D eigenvalue weighted by atomic mass is 9.93. The van der Waals surface area contributed by atoms with E-state index in [0.717, 1.165) is 83.8 Å². The van der Waals surface area contributed by atoms with Crippen LogP contribution in [-0.2, 0) is 41.6 Å². The minimum atomic E-state index is -0.910. The van der Waals surface area contributed by atoms with Crippen molar-refractivity contribution in [1.29, 1.82) is 0 Å². The number of phenols is 1. The van der Waals surface area contributed by atoms with Crippen LogP contribution in [0.4, 0.5) is 0 Å². The molecule has 4 aromatic carbocycles. The maximum absolute atomic E-state index is 12.7. The molecule has 4 aliphatic rings. The van der Waals surface area contributed by atoms with Crippen LogP contribution in [0, 0.1) is 0 Å². The van der Waals surface area contributed by atoms with Gasteiger partial charge in [0.1, 0.15) is 11.5 Å². The van der Waals surface area contributed by atoms with E-state index in [1.807, 2.05) is 38.4 Å². The van der Waals surface area contributed by atoms with Gasteiger partial charge in [-0.25, -0.2) is 0 Å². The van der Waals surface area contributed by atoms with Crippen molar-refractivity contribution in [3.05, 3.63) is 70.8 Å². The molecule has 0 spiro atoms. The first-order valence-electron chi connectivity index (χ1n) is 26.3. The zero-order chi connectivity index (χ0) is 57.5. The van der Waals surface area contributed by atoms with Gasteiger partial charge < -0.3 is 73.6 Å². The highest BCUT2D eigenvalue weighted by molar-refractivity contribution is 5.87. The van der Waals surface area contributed by atoms with Gasteiger partial charge in [-0.1, -0.05) is 12.1 Å². The van der Waals surface area contributed by atoms with E-state index >= 15 is 0 Å². The van der Waals surface area contributed by atoms with Crippen LogP contribution in [0.2, 0.25) is 0 Å². The fourth-order valence-electron chi connectivity index (χ4n) is 10.3. The summed E-state index contributed by atoms with van der Waals surface area (Å²) in [4.78, 5) is 78.6. The minimum Gasteiger partial charge on any atom is -0.508 e. The molecule has 4 N–H and O–H groups in total. The Morgan fingerprint density at radius 2 is 0.949 bits per heavy atom. The summed E-state index contributed by atoms with van der Waals surface area (Å²) in [5.74, 6) is 2.02. The number of aliphatic carboxylic acids is 1. The molecule has 4 aromatic rings. The average Bonchev–Trinajstić information content (AvgIpc) is 3.73. The number of methoxy groups -OCH3 is 6. The number of amides is 4. The smallest absolute Gasteiger partial charge is 0.311 e. The topological polar surface area (TPSA) is 245 Å². The lowest BCUT2D eigenvalue weighted by Gasteiger charge is -2.32. The van der Waals surface area contributed by atoms with E-state index in [1.165, 1.54) is 13.8 Å². The lowest BCUT2D eigenvalue weighted by molar-refractivity contribution is -0.141. The number of aromatic hydroxyl groups is 1. The Balaban J connectivity index is 0.000000215. The highest BCUT2D eigenvalue weighted by atomic mass is 16.5. The van der Waals surface area contributed by atoms with Gasteiger partial charge >= 0.3 is 11.9 Å². The van der Waals surface area contributed by atoms with Gasteiger partial charge in [-0.3, -0.25) is 28.8 Å². The molecule has 0 aromatic heterocycles. The molecule has 428 valence electrons. The normalized spacial score (nSPS) is 16.6. The molecule has 8 rings (SSSR count). The van der Waals surface area contributed by atoms with E-state index in [2.05, 4.69) is 20.4 Å². The fraction of sp³-hybridized carbons (Fsp3) is 0.483. The van der Waals surface area contributed by atoms with Crippen LogP contribution in [0.25, 0.3) is 22.3 Å². The second-order valence-electron chi connectivity index (χ2n) is 19.7. The van der Waals surface area contributed by atoms with E-state index < -0.39 is 11.9 Å². The Labute approximate surface area is 461 Å². The highest BCUT2D eigenvalue weighted by Crippen LogP contribution is 2.52. The monoisotopic (exact) mass is 1100 g/mol. The van der Waals surface area contributed by atoms with Crippen molar-refractivity contribution in [3.8, 4) is 68.2 Å². The first kappa shape index (κ1) is 60.4. The Morgan fingerprint density at radius 3 is 1.35 bits per heavy atom. The molecule has 0 saturated carbocycles. The van der Waals surface area contributed by atoms with E-state index in [-0.39, 0.29) is 67.1 Å². The molecule has 2 fully saturated rings. The number of esters is 1. The first-order chi connectivity index (χ1) is 37.8. The van der Waals surface area contributed by atoms with Crippen molar-refractivity contribution in [2.75, 3.05) is 109 Å². The second-order valence-corrected chi connectivity index (χ2v) is 19.7. The number of hydrogen-bond acceptors (Lipinski definition) is 16. The van der Waals surface area contributed by atoms with Gasteiger partial charge in [-0.05, 0) is 110 Å². The molecule has 79 heavy (non-hydrogen) atoms. The maximum atomic E-state index is 12.7. The summed E-state index contributed by atoms with van der Waals surface area (Å²) in [6.07, 6.45) is 2.84. The van der Waals surface area contributed by atoms with E-state index in [0.29, 0.717) is 79.0 Å². The highest BCUT2D eigenvalue weighted by Gasteiger charge is 2.32. The number of carboxylic acid groups (broad SMARTS) is 1. The molecule has 21 heteroatoms. The maximum Gasteiger partial charge on any atom is 0.311 e. The zero-order valence-electron chi connectivity index (χ0n) is 47.1. The number of aryl methyl sites for hydroxylation is 2. The SMILES string of the molecule is CN1CCN(C(=O)CCC(=O)O)CC1.COc1cc2c(c(OC)c1OC)-c1ccc(O)cc1[C@@H](NC(C)=O)CC2.COc1cc2c(c(OC)c1OC)-c1ccc(OC(=O)CCC(=O)N3CCN(C)CC3)cc1[C@@H](NC(C)=O)CC2. The lowest BCUT2D eigenvalue weighted by Crippen LogP contribution is -2.47. The van der Waals surface area contributed by atoms with Gasteiger partial charge in [-0.2, -0.15) is 0 Å². The summed E-state index contributed by atoms with van der Waals surface area (Å²) in [7, 11) is 13.5. The van der Waals surface area contributed by atoms with Gasteiger partial charge in [0.2, 0.25) is 35.1 Å². The number of ether oxygens (including phenoxy) is 7. The van der Waals surface area contributed by atoms with Gasteiger partial charge in [0.25, 0.3) is 0 Å². The standard InChI is InChI=1S/C29H37N3O7.C20H23NO5.C9H16N2O3/c1-18(33)30-23-9-6-19-16-24(36-3)28(37-4)29(38-5)27(19)21-8-7-20(17-22(21)23)39-26(35)11-10-25(34)32-14-12-31(2)13-15-32;1-11(22)21-16-8-5-12-9-17(24-2)19(25-3)20(26-4)18(12)14-7-6-13(23)10-15(14)16;1-10-4-6-11(7-5-10)8(12)2-3-9(13)14/h7-8,16-17,23H,6,9-15H2,1-5H3,(H,30,33);6-7,9-10,16,23H,5,8H2,1-4H3,(H,21,22);2-7H2,1H3,(H,13,14)/t23-;16-;/m00./s1. The number of phenolic OH excluding ortho intramolecular Hbond substituents is 1. The second kappa shape index (κ2) is 28.2. The quantitative estimate of drug-likeness (QED) is 0.0812. The van der Waals surface area contributed by atoms with Crippen molar-refractivity contribution in [3.63, 3.8) is 0 Å². The number of nitrogens with zero attached hydrogens (tertiary/aromatic N) is 4. The molecule has 0 bridgehead atoms. The van der Waals surface area contributed by atoms with Crippen molar-refractivity contribution in [2.24, 2.45) is 0 Å². The summed E-state index contributed by atoms with van der Waals surface area (Å²) in [5.41, 5.74) is 7.15. The van der Waals surface area contributed by atoms with Crippen LogP contribution in [0.1, 0.15) is 86.7 Å². The average molecular weight is 1100 g/mol. The number of carboxylic acids is 1. The number of piperazine rings is 2. The van der Waals surface area contributed by atoms with Crippen molar-refractivity contribution in [1.82, 2.24) is 30.2 Å². The van der Waals surface area contributed by atoms with Crippen LogP contribution < -0.4 is 43.8 Å². The molecule has 2 saturated heterocycles. The number of carbonyl (C=O) groups is 6. The molecule has 0 unspecified atom stereocenters. The Morgan fingerprint density at radius 1 is 0.532 bits per heavy atom. The summed E-state index contributed by atoms with van der Waals surface area (Å²) >= 11 is 0. The van der Waals surface area contributed by atoms with E-state index in [9.17, 15) is 33.9 Å². The Hall–Kier alpha value is -7.78. The van der Waals surface area contributed by atoms with Crippen molar-refractivity contribution >= 4 is 35.6 Å². The number of carbonyl (C=O) groups excluding carboxylic acids is 5. The van der Waals surface area contributed by atoms with Crippen LogP contribution >= 0.6 is 0 Å². The van der Waals surface area contributed by atoms with Gasteiger partial charge in [0, 0.05) is 90.2 Å². The van der Waals surface area contributed by atoms with Crippen LogP contribution in [0.15, 0.2) is 48.5 Å². The molecule has 2 heterocycles. The predicted molar refractivity (Wildman–Crippen MR) is 294 cm³/mol. The third-order valence-electron chi connectivity index (χ3n) is 14.4. The third kappa shape index (κ3) is 15.3. The van der Waals surface area contributed by atoms with E-state index in [4.69, 9.17) is 38.3 Å². The molecule has 2 atom stereocenters. The molecule has 2 aliphatic carbocycles. The summed E-state index contributed by atoms with van der Waals surface area (Å²) in [6, 6.07) is 13.9. The third-order valence-corrected chi connectivity index (χ3v) is 14.4. The number of fused-ring (bicyclic) bond motifs is 6. The molecule has 21 nitrogen and oxygen atoms in total. The van der Waals surface area contributed by atoms with Crippen molar-refractivity contribution in [2.45, 2.75) is 77.3 Å². The Bertz CT molecular complexity index is 2840. The molecule has 4 amide bonds. The summed E-state index contributed by atoms with van der Waals surface area (Å²) in [5, 5.41) is 24.4. The number of rotatable bonds is 15. The number of nitrogens with one attached hydrogen (secondary N) is 2. The Kier molecular flexibility index (Phi) is 21.6. The minimum absolute atomic E-state index is 0.00890. The van der Waals surface area contributed by atoms with Crippen LogP contribution in [0.5, 0.6) is 46.0 Å². The molecular weight excluding hydrogens is 1020 g/mol. The molecule has 2 aliphatic heterocycles. The van der Waals surface area contributed by atoms with Crippen molar-refractivity contribution < 1.29 is 72.1 Å². The first-order valence-corrected chi connectivity index (χ1v) is 26.3. The van der Waals surface area contributed by atoms with Crippen LogP contribution in [-0.4, -0.2) is 174 Å². The summed E-state index contributed by atoms with van der Waals surface area (Å²) < 4.78 is 39.3. The number of benzene rings is 4. The molecule has 0 radical (unpaired) electrons. The molecular formula is C58H76N6O15. The largest absolute Gasteiger partial charge is 0.508 e. The summed E-state index contributed by atoms with van der Waals surface area (Å²) in [6.45, 7) is 9.14.